The van der Waals surface area contributed by atoms with Gasteiger partial charge in [-0.3, -0.25) is 14.9 Å². The van der Waals surface area contributed by atoms with Gasteiger partial charge in [-0.25, -0.2) is 0 Å². The number of nitro groups is 1. The number of carbonyl (C=O) groups excluding carboxylic acids is 1. The van der Waals surface area contributed by atoms with Gasteiger partial charge < -0.3 is 14.6 Å². The largest absolute Gasteiger partial charge is 0.394 e. The second kappa shape index (κ2) is 5.40. The zero-order chi connectivity index (χ0) is 14.0. The van der Waals surface area contributed by atoms with E-state index in [0.29, 0.717) is 6.54 Å². The zero-order valence-corrected chi connectivity index (χ0v) is 10.8. The van der Waals surface area contributed by atoms with Gasteiger partial charge in [-0.1, -0.05) is 0 Å². The lowest BCUT2D eigenvalue weighted by Crippen LogP contribution is -2.46. The molecule has 1 aliphatic heterocycles. The molecule has 7 nitrogen and oxygen atoms in total. The molecule has 1 aliphatic rings. The number of aliphatic hydroxyl groups excluding tert-OH is 1. The van der Waals surface area contributed by atoms with E-state index >= 15 is 0 Å². The minimum absolute atomic E-state index is 0.0712. The number of hydrogen-bond acceptors (Lipinski definition) is 4. The summed E-state index contributed by atoms with van der Waals surface area (Å²) in [4.78, 5) is 24.2. The monoisotopic (exact) mass is 267 g/mol. The van der Waals surface area contributed by atoms with E-state index in [1.807, 2.05) is 0 Å². The van der Waals surface area contributed by atoms with Crippen molar-refractivity contribution in [2.24, 2.45) is 7.05 Å². The smallest absolute Gasteiger partial charge is 0.287 e. The second-order valence-corrected chi connectivity index (χ2v) is 4.78. The third-order valence-electron chi connectivity index (χ3n) is 3.52. The zero-order valence-electron chi connectivity index (χ0n) is 10.8. The Balaban J connectivity index is 2.25. The predicted octanol–water partition coefficient (Wildman–Crippen LogP) is 0.920. The second-order valence-electron chi connectivity index (χ2n) is 4.78. The third kappa shape index (κ3) is 2.60. The molecule has 2 rings (SSSR count). The Morgan fingerprint density at radius 1 is 1.58 bits per heavy atom. The van der Waals surface area contributed by atoms with E-state index in [9.17, 15) is 20.0 Å². The maximum Gasteiger partial charge on any atom is 0.287 e. The molecule has 104 valence electrons. The summed E-state index contributed by atoms with van der Waals surface area (Å²) in [6, 6.07) is 1.10. The van der Waals surface area contributed by atoms with Crippen LogP contribution in [0.4, 0.5) is 5.69 Å². The summed E-state index contributed by atoms with van der Waals surface area (Å²) >= 11 is 0. The Morgan fingerprint density at radius 2 is 2.32 bits per heavy atom. The average molecular weight is 267 g/mol. The third-order valence-corrected chi connectivity index (χ3v) is 3.52. The molecule has 0 aliphatic carbocycles. The molecule has 1 fully saturated rings. The van der Waals surface area contributed by atoms with Crippen LogP contribution in [-0.2, 0) is 7.05 Å². The van der Waals surface area contributed by atoms with Crippen molar-refractivity contribution >= 4 is 11.6 Å². The maximum absolute atomic E-state index is 12.4. The normalized spacial score (nSPS) is 19.5. The summed E-state index contributed by atoms with van der Waals surface area (Å²) < 4.78 is 1.46. The number of rotatable bonds is 3. The molecule has 0 aromatic carbocycles. The molecule has 7 heteroatoms. The molecule has 1 aromatic heterocycles. The molecule has 19 heavy (non-hydrogen) atoms. The number of aliphatic hydroxyl groups is 1. The van der Waals surface area contributed by atoms with Gasteiger partial charge in [-0.2, -0.15) is 0 Å². The minimum atomic E-state index is -0.517. The van der Waals surface area contributed by atoms with Crippen molar-refractivity contribution in [1.82, 2.24) is 9.47 Å². The van der Waals surface area contributed by atoms with Crippen LogP contribution < -0.4 is 0 Å². The summed E-state index contributed by atoms with van der Waals surface area (Å²) in [5, 5.41) is 20.0. The van der Waals surface area contributed by atoms with Gasteiger partial charge in [0.05, 0.1) is 23.8 Å². The van der Waals surface area contributed by atoms with E-state index in [-0.39, 0.29) is 29.9 Å². The van der Waals surface area contributed by atoms with Crippen LogP contribution in [0.3, 0.4) is 0 Å². The van der Waals surface area contributed by atoms with Crippen molar-refractivity contribution in [3.05, 3.63) is 28.1 Å². The Hall–Kier alpha value is -1.89. The summed E-state index contributed by atoms with van der Waals surface area (Å²) in [5.74, 6) is -0.255. The fraction of sp³-hybridized carbons (Fsp3) is 0.583. The number of aryl methyl sites for hydroxylation is 1. The van der Waals surface area contributed by atoms with E-state index in [4.69, 9.17) is 0 Å². The van der Waals surface area contributed by atoms with E-state index in [2.05, 4.69) is 0 Å². The van der Waals surface area contributed by atoms with Crippen LogP contribution in [0.1, 0.15) is 29.8 Å². The van der Waals surface area contributed by atoms with Gasteiger partial charge in [-0.15, -0.1) is 0 Å². The van der Waals surface area contributed by atoms with Crippen molar-refractivity contribution < 1.29 is 14.8 Å². The topological polar surface area (TPSA) is 88.6 Å². The van der Waals surface area contributed by atoms with E-state index in [0.717, 1.165) is 19.3 Å². The quantitative estimate of drug-likeness (QED) is 0.651. The first-order valence-electron chi connectivity index (χ1n) is 6.27. The summed E-state index contributed by atoms with van der Waals surface area (Å²) in [6.07, 6.45) is 3.98. The van der Waals surface area contributed by atoms with Gasteiger partial charge in [0.1, 0.15) is 5.69 Å². The predicted molar refractivity (Wildman–Crippen MR) is 67.8 cm³/mol. The lowest BCUT2D eigenvalue weighted by molar-refractivity contribution is -0.384. The lowest BCUT2D eigenvalue weighted by Gasteiger charge is -2.34. The molecule has 2 heterocycles. The van der Waals surface area contributed by atoms with Gasteiger partial charge in [0.2, 0.25) is 0 Å². The average Bonchev–Trinajstić information content (AvgIpc) is 2.80. The van der Waals surface area contributed by atoms with Crippen molar-refractivity contribution in [2.75, 3.05) is 13.2 Å². The molecule has 1 saturated heterocycles. The molecular weight excluding hydrogens is 250 g/mol. The van der Waals surface area contributed by atoms with Gasteiger partial charge >= 0.3 is 0 Å². The Morgan fingerprint density at radius 3 is 2.89 bits per heavy atom. The van der Waals surface area contributed by atoms with Crippen LogP contribution in [0.15, 0.2) is 12.3 Å². The molecule has 1 unspecified atom stereocenters. The number of piperidine rings is 1. The number of amides is 1. The fourth-order valence-electron chi connectivity index (χ4n) is 2.46. The molecule has 1 N–H and O–H groups in total. The van der Waals surface area contributed by atoms with Crippen molar-refractivity contribution in [2.45, 2.75) is 25.3 Å². The highest BCUT2D eigenvalue weighted by Gasteiger charge is 2.29. The molecule has 0 spiro atoms. The maximum atomic E-state index is 12.4. The van der Waals surface area contributed by atoms with Crippen molar-refractivity contribution in [1.29, 1.82) is 0 Å². The Labute approximate surface area is 110 Å². The first-order chi connectivity index (χ1) is 9.04. The highest BCUT2D eigenvalue weighted by Crippen LogP contribution is 2.22. The molecule has 0 saturated carbocycles. The van der Waals surface area contributed by atoms with Crippen LogP contribution in [0, 0.1) is 10.1 Å². The lowest BCUT2D eigenvalue weighted by atomic mass is 10.0. The summed E-state index contributed by atoms with van der Waals surface area (Å²) in [5.41, 5.74) is 0.190. The summed E-state index contributed by atoms with van der Waals surface area (Å²) in [7, 11) is 1.61. The molecule has 0 radical (unpaired) electrons. The summed E-state index contributed by atoms with van der Waals surface area (Å²) in [6.45, 7) is 0.515. The molecule has 1 amide bonds. The fourth-order valence-corrected chi connectivity index (χ4v) is 2.46. The SMILES string of the molecule is Cn1cc([N+](=O)[O-])cc1C(=O)N1CCCCC1CO. The van der Waals surface area contributed by atoms with Crippen LogP contribution in [0.5, 0.6) is 0 Å². The Bertz CT molecular complexity index is 497. The van der Waals surface area contributed by atoms with Crippen LogP contribution >= 0.6 is 0 Å². The van der Waals surface area contributed by atoms with E-state index in [1.54, 1.807) is 11.9 Å². The van der Waals surface area contributed by atoms with Gasteiger partial charge in [-0.05, 0) is 19.3 Å². The van der Waals surface area contributed by atoms with E-state index in [1.165, 1.54) is 16.8 Å². The number of carbonyl (C=O) groups is 1. The standard InChI is InChI=1S/C12H17N3O4/c1-13-7-10(15(18)19)6-11(13)12(17)14-5-3-2-4-9(14)8-16/h6-7,9,16H,2-5,8H2,1H3. The highest BCUT2D eigenvalue weighted by molar-refractivity contribution is 5.93. The number of hydrogen-bond donors (Lipinski definition) is 1. The molecule has 1 aromatic rings. The van der Waals surface area contributed by atoms with Crippen LogP contribution in [-0.4, -0.2) is 44.6 Å². The van der Waals surface area contributed by atoms with Crippen molar-refractivity contribution in [3.8, 4) is 0 Å². The van der Waals surface area contributed by atoms with Crippen LogP contribution in [0.2, 0.25) is 0 Å². The number of aromatic nitrogens is 1. The molecule has 0 bridgehead atoms. The minimum Gasteiger partial charge on any atom is -0.394 e. The molecule has 1 atom stereocenters. The van der Waals surface area contributed by atoms with Crippen molar-refractivity contribution in [3.63, 3.8) is 0 Å². The van der Waals surface area contributed by atoms with Gasteiger partial charge in [0.15, 0.2) is 0 Å². The first-order valence-corrected chi connectivity index (χ1v) is 6.27. The number of nitrogens with zero attached hydrogens (tertiary/aromatic N) is 3. The Kier molecular flexibility index (Phi) is 3.84. The van der Waals surface area contributed by atoms with Gasteiger partial charge in [0, 0.05) is 19.7 Å². The van der Waals surface area contributed by atoms with E-state index < -0.39 is 4.92 Å². The highest BCUT2D eigenvalue weighted by atomic mass is 16.6. The molecular formula is C12H17N3O4. The van der Waals surface area contributed by atoms with Gasteiger partial charge in [0.25, 0.3) is 11.6 Å². The first kappa shape index (κ1) is 13.5. The number of likely N-dealkylation sites (tertiary alicyclic amines) is 1. The van der Waals surface area contributed by atoms with Crippen LogP contribution in [0.25, 0.3) is 0 Å².